The van der Waals surface area contributed by atoms with Crippen molar-refractivity contribution in [3.63, 3.8) is 0 Å². The summed E-state index contributed by atoms with van der Waals surface area (Å²) in [6, 6.07) is 24.9. The van der Waals surface area contributed by atoms with Crippen molar-refractivity contribution in [2.75, 3.05) is 0 Å². The van der Waals surface area contributed by atoms with E-state index < -0.39 is 0 Å². The summed E-state index contributed by atoms with van der Waals surface area (Å²) in [5, 5.41) is 0. The highest BCUT2D eigenvalue weighted by Gasteiger charge is 2.22. The van der Waals surface area contributed by atoms with E-state index in [2.05, 4.69) is 0 Å². The van der Waals surface area contributed by atoms with E-state index in [1.807, 2.05) is 81.4 Å². The van der Waals surface area contributed by atoms with Gasteiger partial charge in [0.05, 0.1) is 0 Å². The quantitative estimate of drug-likeness (QED) is 0.322. The number of ether oxygens (including phenoxy) is 2. The highest BCUT2D eigenvalue weighted by atomic mass is 16.5. The Kier molecular flexibility index (Phi) is 7.82. The van der Waals surface area contributed by atoms with Gasteiger partial charge in [0, 0.05) is 18.4 Å². The topological polar surface area (TPSA) is 52.6 Å². The van der Waals surface area contributed by atoms with Crippen LogP contribution < -0.4 is 9.47 Å². The number of esters is 2. The van der Waals surface area contributed by atoms with E-state index in [9.17, 15) is 9.59 Å². The number of rotatable bonds is 8. The highest BCUT2D eigenvalue weighted by Crippen LogP contribution is 2.35. The fourth-order valence-electron chi connectivity index (χ4n) is 3.39. The van der Waals surface area contributed by atoms with E-state index in [4.69, 9.17) is 9.47 Å². The van der Waals surface area contributed by atoms with E-state index in [-0.39, 0.29) is 17.4 Å². The number of benzene rings is 3. The zero-order chi connectivity index (χ0) is 23.0. The predicted octanol–water partition coefficient (Wildman–Crippen LogP) is 6.06. The molecular formula is C28H30O4. The molecule has 0 heterocycles. The molecular weight excluding hydrogens is 400 g/mol. The lowest BCUT2D eigenvalue weighted by Crippen LogP contribution is -2.17. The van der Waals surface area contributed by atoms with Crippen LogP contribution in [0, 0.1) is 0 Å². The molecule has 0 atom stereocenters. The van der Waals surface area contributed by atoms with Crippen molar-refractivity contribution in [1.29, 1.82) is 0 Å². The molecule has 3 aromatic carbocycles. The lowest BCUT2D eigenvalue weighted by molar-refractivity contribution is -0.135. The first-order valence-electron chi connectivity index (χ1n) is 10.9. The maximum absolute atomic E-state index is 12.4. The normalized spacial score (nSPS) is 11.1. The largest absolute Gasteiger partial charge is 0.427 e. The number of hydrogen-bond donors (Lipinski definition) is 0. The fraction of sp³-hybridized carbons (Fsp3) is 0.286. The van der Waals surface area contributed by atoms with E-state index in [1.165, 1.54) is 0 Å². The zero-order valence-electron chi connectivity index (χ0n) is 19.0. The second-order valence-electron chi connectivity index (χ2n) is 8.83. The summed E-state index contributed by atoms with van der Waals surface area (Å²) in [6.45, 7) is 6.10. The van der Waals surface area contributed by atoms with Crippen molar-refractivity contribution in [2.24, 2.45) is 0 Å². The van der Waals surface area contributed by atoms with Crippen LogP contribution >= 0.6 is 0 Å². The Labute approximate surface area is 190 Å². The lowest BCUT2D eigenvalue weighted by atomic mass is 9.86. The van der Waals surface area contributed by atoms with Crippen LogP contribution in [0.5, 0.6) is 11.5 Å². The zero-order valence-corrected chi connectivity index (χ0v) is 19.0. The van der Waals surface area contributed by atoms with E-state index in [0.29, 0.717) is 37.2 Å². The Morgan fingerprint density at radius 2 is 1.19 bits per heavy atom. The third-order valence-electron chi connectivity index (χ3n) is 5.14. The molecule has 166 valence electrons. The van der Waals surface area contributed by atoms with E-state index in [0.717, 1.165) is 16.7 Å². The van der Waals surface area contributed by atoms with Gasteiger partial charge in [-0.05, 0) is 47.6 Å². The van der Waals surface area contributed by atoms with Crippen LogP contribution in [0.25, 0.3) is 0 Å². The molecule has 0 aliphatic rings. The minimum Gasteiger partial charge on any atom is -0.427 e. The van der Waals surface area contributed by atoms with Gasteiger partial charge in [0.1, 0.15) is 11.5 Å². The molecule has 32 heavy (non-hydrogen) atoms. The standard InChI is InChI=1S/C28H30O4/c1-28(2,3)24-20-23(31-26(29)18-14-21-10-6-4-7-11-21)16-17-25(24)32-27(30)19-15-22-12-8-5-9-13-22/h4-13,16-17,20H,14-15,18-19H2,1-3H3. The van der Waals surface area contributed by atoms with Gasteiger partial charge in [-0.3, -0.25) is 9.59 Å². The van der Waals surface area contributed by atoms with Gasteiger partial charge in [0.15, 0.2) is 0 Å². The second-order valence-corrected chi connectivity index (χ2v) is 8.83. The van der Waals surface area contributed by atoms with Crippen LogP contribution in [0.15, 0.2) is 78.9 Å². The fourth-order valence-corrected chi connectivity index (χ4v) is 3.39. The molecule has 3 aromatic rings. The van der Waals surface area contributed by atoms with Crippen LogP contribution in [0.4, 0.5) is 0 Å². The third-order valence-corrected chi connectivity index (χ3v) is 5.14. The second kappa shape index (κ2) is 10.8. The Morgan fingerprint density at radius 3 is 1.69 bits per heavy atom. The maximum atomic E-state index is 12.4. The van der Waals surface area contributed by atoms with E-state index >= 15 is 0 Å². The molecule has 0 aromatic heterocycles. The summed E-state index contributed by atoms with van der Waals surface area (Å²) < 4.78 is 11.2. The molecule has 4 nitrogen and oxygen atoms in total. The van der Waals surface area contributed by atoms with Gasteiger partial charge in [0.25, 0.3) is 0 Å². The smallest absolute Gasteiger partial charge is 0.311 e. The van der Waals surface area contributed by atoms with Gasteiger partial charge in [-0.15, -0.1) is 0 Å². The van der Waals surface area contributed by atoms with Crippen LogP contribution in [0.3, 0.4) is 0 Å². The van der Waals surface area contributed by atoms with Crippen molar-refractivity contribution in [3.05, 3.63) is 95.6 Å². The Balaban J connectivity index is 1.63. The van der Waals surface area contributed by atoms with Crippen LogP contribution in [-0.4, -0.2) is 11.9 Å². The Bertz CT molecular complexity index is 1030. The molecule has 0 saturated heterocycles. The van der Waals surface area contributed by atoms with E-state index in [1.54, 1.807) is 18.2 Å². The first-order chi connectivity index (χ1) is 15.3. The van der Waals surface area contributed by atoms with Gasteiger partial charge in [-0.25, -0.2) is 0 Å². The van der Waals surface area contributed by atoms with Crippen molar-refractivity contribution in [1.82, 2.24) is 0 Å². The molecule has 3 rings (SSSR count). The summed E-state index contributed by atoms with van der Waals surface area (Å²) in [7, 11) is 0. The van der Waals surface area contributed by atoms with Crippen LogP contribution in [-0.2, 0) is 27.8 Å². The average molecular weight is 431 g/mol. The Morgan fingerprint density at radius 1 is 0.688 bits per heavy atom. The molecule has 0 unspecified atom stereocenters. The lowest BCUT2D eigenvalue weighted by Gasteiger charge is -2.23. The van der Waals surface area contributed by atoms with Crippen LogP contribution in [0.1, 0.15) is 50.3 Å². The summed E-state index contributed by atoms with van der Waals surface area (Å²) in [6.07, 6.45) is 1.85. The van der Waals surface area contributed by atoms with Crippen LogP contribution in [0.2, 0.25) is 0 Å². The van der Waals surface area contributed by atoms with Gasteiger partial charge in [-0.1, -0.05) is 81.4 Å². The van der Waals surface area contributed by atoms with Crippen molar-refractivity contribution in [3.8, 4) is 11.5 Å². The molecule has 0 fully saturated rings. The molecule has 0 aliphatic heterocycles. The van der Waals surface area contributed by atoms with Crippen molar-refractivity contribution < 1.29 is 19.1 Å². The highest BCUT2D eigenvalue weighted by molar-refractivity contribution is 5.74. The Hall–Kier alpha value is -3.40. The number of carbonyl (C=O) groups is 2. The minimum atomic E-state index is -0.290. The molecule has 0 amide bonds. The first kappa shape index (κ1) is 23.3. The maximum Gasteiger partial charge on any atom is 0.311 e. The summed E-state index contributed by atoms with van der Waals surface area (Å²) >= 11 is 0. The minimum absolute atomic E-state index is 0.285. The van der Waals surface area contributed by atoms with Gasteiger partial charge in [0.2, 0.25) is 0 Å². The monoisotopic (exact) mass is 430 g/mol. The van der Waals surface area contributed by atoms with Gasteiger partial charge in [-0.2, -0.15) is 0 Å². The molecule has 0 bridgehead atoms. The van der Waals surface area contributed by atoms with Gasteiger partial charge >= 0.3 is 11.9 Å². The molecule has 0 aliphatic carbocycles. The number of hydrogen-bond acceptors (Lipinski definition) is 4. The predicted molar refractivity (Wildman–Crippen MR) is 126 cm³/mol. The molecule has 0 N–H and O–H groups in total. The van der Waals surface area contributed by atoms with Crippen molar-refractivity contribution in [2.45, 2.75) is 51.9 Å². The average Bonchev–Trinajstić information content (AvgIpc) is 2.78. The number of aryl methyl sites for hydroxylation is 2. The van der Waals surface area contributed by atoms with Gasteiger partial charge < -0.3 is 9.47 Å². The summed E-state index contributed by atoms with van der Waals surface area (Å²) in [4.78, 5) is 24.8. The molecule has 0 saturated carbocycles. The molecule has 0 radical (unpaired) electrons. The third kappa shape index (κ3) is 7.09. The number of carbonyl (C=O) groups excluding carboxylic acids is 2. The summed E-state index contributed by atoms with van der Waals surface area (Å²) in [5.41, 5.74) is 2.72. The van der Waals surface area contributed by atoms with Crippen molar-refractivity contribution >= 4 is 11.9 Å². The molecule has 4 heteroatoms. The SMILES string of the molecule is CC(C)(C)c1cc(OC(=O)CCc2ccccc2)ccc1OC(=O)CCc1ccccc1. The molecule has 0 spiro atoms. The first-order valence-corrected chi connectivity index (χ1v) is 10.9. The summed E-state index contributed by atoms with van der Waals surface area (Å²) in [5.74, 6) is 0.380.